The molecular formula is C22H19NO2. The fraction of sp³-hybridized carbons (Fsp3) is 0.0909. The van der Waals surface area contributed by atoms with Gasteiger partial charge < -0.3 is 5.32 Å². The Labute approximate surface area is 148 Å². The first-order valence-electron chi connectivity index (χ1n) is 7.80. The summed E-state index contributed by atoms with van der Waals surface area (Å²) in [6.45, 7) is 9.08. The van der Waals surface area contributed by atoms with Gasteiger partial charge in [-0.2, -0.15) is 0 Å². The summed E-state index contributed by atoms with van der Waals surface area (Å²) in [7, 11) is 0. The highest BCUT2D eigenvalue weighted by atomic mass is 16.1. The Morgan fingerprint density at radius 3 is 2.68 bits per heavy atom. The number of allylic oxidation sites excluding steroid dienone is 1. The van der Waals surface area contributed by atoms with E-state index in [0.717, 1.165) is 28.5 Å². The van der Waals surface area contributed by atoms with Crippen molar-refractivity contribution in [3.05, 3.63) is 89.5 Å². The standard InChI is InChI=1S/C22H19NO2/c1-4-21(25)23-22-19(9-6-10-20(22)15-24)14-18-8-5-7-17(13-18)12-11-16(2)3/h4-10,13,15H,1-2,14H2,3H3,(H,23,25). The predicted octanol–water partition coefficient (Wildman–Crippen LogP) is 4.14. The van der Waals surface area contributed by atoms with Gasteiger partial charge in [0, 0.05) is 11.1 Å². The SMILES string of the molecule is C=CC(=O)Nc1c(C=O)cccc1Cc1cccc(C#CC(=C)C)c1. The van der Waals surface area contributed by atoms with Crippen molar-refractivity contribution in [3.8, 4) is 11.8 Å². The number of amides is 1. The second-order valence-corrected chi connectivity index (χ2v) is 5.60. The van der Waals surface area contributed by atoms with Crippen molar-refractivity contribution in [3.63, 3.8) is 0 Å². The molecule has 0 atom stereocenters. The molecule has 2 aromatic carbocycles. The molecule has 3 heteroatoms. The van der Waals surface area contributed by atoms with E-state index in [1.807, 2.05) is 37.3 Å². The highest BCUT2D eigenvalue weighted by molar-refractivity contribution is 6.02. The number of anilines is 1. The summed E-state index contributed by atoms with van der Waals surface area (Å²) in [4.78, 5) is 23.0. The molecule has 2 aromatic rings. The molecule has 0 aromatic heterocycles. The van der Waals surface area contributed by atoms with Crippen LogP contribution in [0.5, 0.6) is 0 Å². The van der Waals surface area contributed by atoms with Crippen LogP contribution < -0.4 is 5.32 Å². The summed E-state index contributed by atoms with van der Waals surface area (Å²) in [5, 5.41) is 2.73. The summed E-state index contributed by atoms with van der Waals surface area (Å²) in [6.07, 6.45) is 2.48. The van der Waals surface area contributed by atoms with E-state index in [0.29, 0.717) is 17.7 Å². The highest BCUT2D eigenvalue weighted by Gasteiger charge is 2.10. The third-order valence-electron chi connectivity index (χ3n) is 3.49. The van der Waals surface area contributed by atoms with Gasteiger partial charge in [0.25, 0.3) is 0 Å². The van der Waals surface area contributed by atoms with E-state index < -0.39 is 0 Å². The second-order valence-electron chi connectivity index (χ2n) is 5.60. The molecule has 0 saturated heterocycles. The Morgan fingerprint density at radius 2 is 2.00 bits per heavy atom. The summed E-state index contributed by atoms with van der Waals surface area (Å²) in [5.74, 6) is 5.67. The van der Waals surface area contributed by atoms with Crippen molar-refractivity contribution in [1.29, 1.82) is 0 Å². The first kappa shape index (κ1) is 18.0. The van der Waals surface area contributed by atoms with Crippen LogP contribution in [-0.2, 0) is 11.2 Å². The van der Waals surface area contributed by atoms with Crippen molar-refractivity contribution >= 4 is 17.9 Å². The lowest BCUT2D eigenvalue weighted by atomic mass is 9.99. The molecule has 0 aliphatic rings. The zero-order valence-corrected chi connectivity index (χ0v) is 14.1. The van der Waals surface area contributed by atoms with E-state index >= 15 is 0 Å². The Morgan fingerprint density at radius 1 is 1.24 bits per heavy atom. The molecule has 0 aliphatic heterocycles. The molecular weight excluding hydrogens is 310 g/mol. The number of carbonyl (C=O) groups excluding carboxylic acids is 2. The Hall–Kier alpha value is -3.38. The molecule has 124 valence electrons. The molecule has 0 spiro atoms. The molecule has 0 saturated carbocycles. The predicted molar refractivity (Wildman–Crippen MR) is 102 cm³/mol. The monoisotopic (exact) mass is 329 g/mol. The Kier molecular flexibility index (Phi) is 6.08. The van der Waals surface area contributed by atoms with Gasteiger partial charge >= 0.3 is 0 Å². The number of rotatable bonds is 5. The van der Waals surface area contributed by atoms with Crippen molar-refractivity contribution in [1.82, 2.24) is 0 Å². The smallest absolute Gasteiger partial charge is 0.247 e. The van der Waals surface area contributed by atoms with Crippen molar-refractivity contribution < 1.29 is 9.59 Å². The fourth-order valence-corrected chi connectivity index (χ4v) is 2.35. The van der Waals surface area contributed by atoms with Crippen molar-refractivity contribution in [2.45, 2.75) is 13.3 Å². The van der Waals surface area contributed by atoms with Crippen LogP contribution in [0.25, 0.3) is 0 Å². The van der Waals surface area contributed by atoms with Gasteiger partial charge in [-0.3, -0.25) is 9.59 Å². The van der Waals surface area contributed by atoms with Gasteiger partial charge in [-0.25, -0.2) is 0 Å². The van der Waals surface area contributed by atoms with Gasteiger partial charge in [-0.05, 0) is 54.3 Å². The number of aldehydes is 1. The molecule has 1 N–H and O–H groups in total. The second kappa shape index (κ2) is 8.47. The minimum Gasteiger partial charge on any atom is -0.322 e. The zero-order chi connectivity index (χ0) is 18.2. The van der Waals surface area contributed by atoms with Crippen LogP contribution >= 0.6 is 0 Å². The van der Waals surface area contributed by atoms with E-state index in [4.69, 9.17) is 0 Å². The lowest BCUT2D eigenvalue weighted by Crippen LogP contribution is -2.12. The molecule has 0 radical (unpaired) electrons. The maximum Gasteiger partial charge on any atom is 0.247 e. The quantitative estimate of drug-likeness (QED) is 0.509. The molecule has 25 heavy (non-hydrogen) atoms. The summed E-state index contributed by atoms with van der Waals surface area (Å²) < 4.78 is 0. The molecule has 2 rings (SSSR count). The Bertz CT molecular complexity index is 898. The van der Waals surface area contributed by atoms with Gasteiger partial charge in [-0.1, -0.05) is 49.3 Å². The Balaban J connectivity index is 2.37. The molecule has 3 nitrogen and oxygen atoms in total. The van der Waals surface area contributed by atoms with E-state index in [9.17, 15) is 9.59 Å². The van der Waals surface area contributed by atoms with Crippen LogP contribution in [0, 0.1) is 11.8 Å². The fourth-order valence-electron chi connectivity index (χ4n) is 2.35. The van der Waals surface area contributed by atoms with E-state index in [-0.39, 0.29) is 5.91 Å². The average Bonchev–Trinajstić information content (AvgIpc) is 2.61. The topological polar surface area (TPSA) is 46.2 Å². The molecule has 0 aliphatic carbocycles. The van der Waals surface area contributed by atoms with Crippen LogP contribution in [0.3, 0.4) is 0 Å². The minimum atomic E-state index is -0.350. The summed E-state index contributed by atoms with van der Waals surface area (Å²) >= 11 is 0. The minimum absolute atomic E-state index is 0.350. The normalized spacial score (nSPS) is 9.48. The average molecular weight is 329 g/mol. The number of nitrogens with one attached hydrogen (secondary N) is 1. The van der Waals surface area contributed by atoms with E-state index in [1.165, 1.54) is 6.08 Å². The molecule has 0 fully saturated rings. The molecule has 0 unspecified atom stereocenters. The third-order valence-corrected chi connectivity index (χ3v) is 3.49. The number of carbonyl (C=O) groups is 2. The van der Waals surface area contributed by atoms with Crippen molar-refractivity contribution in [2.75, 3.05) is 5.32 Å². The lowest BCUT2D eigenvalue weighted by Gasteiger charge is -2.12. The lowest BCUT2D eigenvalue weighted by molar-refractivity contribution is -0.111. The maximum absolute atomic E-state index is 11.7. The van der Waals surface area contributed by atoms with Crippen molar-refractivity contribution in [2.24, 2.45) is 0 Å². The summed E-state index contributed by atoms with van der Waals surface area (Å²) in [6, 6.07) is 13.2. The van der Waals surface area contributed by atoms with Gasteiger partial charge in [0.2, 0.25) is 5.91 Å². The molecule has 1 amide bonds. The van der Waals surface area contributed by atoms with Gasteiger partial charge in [0.05, 0.1) is 5.69 Å². The highest BCUT2D eigenvalue weighted by Crippen LogP contribution is 2.23. The van der Waals surface area contributed by atoms with Gasteiger partial charge in [0.1, 0.15) is 0 Å². The van der Waals surface area contributed by atoms with Crippen LogP contribution in [0.1, 0.15) is 34.0 Å². The van der Waals surface area contributed by atoms with E-state index in [2.05, 4.69) is 30.3 Å². The van der Waals surface area contributed by atoms with E-state index in [1.54, 1.807) is 12.1 Å². The number of hydrogen-bond donors (Lipinski definition) is 1. The zero-order valence-electron chi connectivity index (χ0n) is 14.1. The molecule has 0 heterocycles. The van der Waals surface area contributed by atoms with Crippen LogP contribution in [0.15, 0.2) is 67.3 Å². The molecule has 0 bridgehead atoms. The van der Waals surface area contributed by atoms with Crippen LogP contribution in [0.2, 0.25) is 0 Å². The van der Waals surface area contributed by atoms with Gasteiger partial charge in [0.15, 0.2) is 6.29 Å². The first-order valence-corrected chi connectivity index (χ1v) is 7.80. The maximum atomic E-state index is 11.7. The largest absolute Gasteiger partial charge is 0.322 e. The third kappa shape index (κ3) is 5.05. The summed E-state index contributed by atoms with van der Waals surface area (Å²) in [5.41, 5.74) is 4.53. The number of para-hydroxylation sites is 1. The first-order chi connectivity index (χ1) is 12.0. The van der Waals surface area contributed by atoms with Crippen LogP contribution in [0.4, 0.5) is 5.69 Å². The number of hydrogen-bond acceptors (Lipinski definition) is 2. The number of benzene rings is 2. The van der Waals surface area contributed by atoms with Gasteiger partial charge in [-0.15, -0.1) is 0 Å². The van der Waals surface area contributed by atoms with Crippen LogP contribution in [-0.4, -0.2) is 12.2 Å².